The fourth-order valence-corrected chi connectivity index (χ4v) is 8.34. The van der Waals surface area contributed by atoms with Crippen molar-refractivity contribution in [3.8, 4) is 0 Å². The van der Waals surface area contributed by atoms with E-state index in [1.165, 1.54) is 0 Å². The molecule has 0 radical (unpaired) electrons. The second-order valence-corrected chi connectivity index (χ2v) is 12.4. The summed E-state index contributed by atoms with van der Waals surface area (Å²) in [7, 11) is -3.57. The Morgan fingerprint density at radius 3 is 2.21 bits per heavy atom. The lowest BCUT2D eigenvalue weighted by molar-refractivity contribution is -0.124. The van der Waals surface area contributed by atoms with E-state index in [9.17, 15) is 13.2 Å². The number of nitrogens with one attached hydrogen (secondary N) is 2. The number of carbonyl (C=O) groups excluding carboxylic acids is 1. The van der Waals surface area contributed by atoms with Gasteiger partial charge in [-0.25, -0.2) is 8.42 Å². The number of rotatable bonds is 9. The van der Waals surface area contributed by atoms with Gasteiger partial charge in [0, 0.05) is 24.5 Å². The molecule has 1 saturated heterocycles. The summed E-state index contributed by atoms with van der Waals surface area (Å²) < 4.78 is 29.6. The zero-order valence-corrected chi connectivity index (χ0v) is 20.5. The third-order valence-corrected chi connectivity index (χ3v) is 10.00. The van der Waals surface area contributed by atoms with Crippen LogP contribution >= 0.6 is 0 Å². The zero-order chi connectivity index (χ0) is 23.6. The lowest BCUT2D eigenvalue weighted by atomic mass is 9.81. The summed E-state index contributed by atoms with van der Waals surface area (Å²) in [6.45, 7) is 1.57. The summed E-state index contributed by atoms with van der Waals surface area (Å²) in [5.41, 5.74) is 1.59. The average Bonchev–Trinajstić information content (AvgIpc) is 3.57. The highest BCUT2D eigenvalue weighted by molar-refractivity contribution is 7.89. The molecule has 3 fully saturated rings. The van der Waals surface area contributed by atoms with E-state index in [1.807, 2.05) is 60.7 Å². The van der Waals surface area contributed by atoms with E-state index < -0.39 is 10.0 Å². The molecular weight excluding hydrogens is 446 g/mol. The van der Waals surface area contributed by atoms with Crippen molar-refractivity contribution in [3.05, 3.63) is 71.8 Å². The summed E-state index contributed by atoms with van der Waals surface area (Å²) in [6, 6.07) is 19.4. The smallest absolute Gasteiger partial charge is 0.237 e. The van der Waals surface area contributed by atoms with Crippen LogP contribution in [0.2, 0.25) is 0 Å². The molecule has 2 bridgehead atoms. The Bertz CT molecular complexity index is 1050. The number of nitrogens with zero attached hydrogens (tertiary/aromatic N) is 1. The van der Waals surface area contributed by atoms with E-state index in [0.29, 0.717) is 19.0 Å². The van der Waals surface area contributed by atoms with Crippen LogP contribution in [0.15, 0.2) is 60.7 Å². The maximum Gasteiger partial charge on any atom is 0.237 e. The second kappa shape index (κ2) is 9.80. The van der Waals surface area contributed by atoms with Gasteiger partial charge in [0.15, 0.2) is 0 Å². The van der Waals surface area contributed by atoms with Crippen LogP contribution in [-0.4, -0.2) is 43.0 Å². The molecule has 1 heterocycles. The first kappa shape index (κ1) is 23.5. The summed E-state index contributed by atoms with van der Waals surface area (Å²) in [6.07, 6.45) is 5.57. The molecule has 34 heavy (non-hydrogen) atoms. The summed E-state index contributed by atoms with van der Waals surface area (Å²) in [5, 5.41) is 6.54. The topological polar surface area (TPSA) is 78.5 Å². The van der Waals surface area contributed by atoms with Crippen LogP contribution < -0.4 is 10.6 Å². The van der Waals surface area contributed by atoms with Crippen LogP contribution in [0.5, 0.6) is 0 Å². The van der Waals surface area contributed by atoms with Crippen molar-refractivity contribution in [3.63, 3.8) is 0 Å². The normalized spacial score (nSPS) is 28.4. The Labute approximate surface area is 203 Å². The minimum atomic E-state index is -3.57. The Morgan fingerprint density at radius 1 is 1.00 bits per heavy atom. The Hall–Kier alpha value is -2.22. The first-order valence-electron chi connectivity index (χ1n) is 12.5. The summed E-state index contributed by atoms with van der Waals surface area (Å²) in [5.74, 6) is 0.644. The lowest BCUT2D eigenvalue weighted by Gasteiger charge is -2.37. The summed E-state index contributed by atoms with van der Waals surface area (Å²) in [4.78, 5) is 12.9. The van der Waals surface area contributed by atoms with Crippen LogP contribution in [-0.2, 0) is 27.9 Å². The van der Waals surface area contributed by atoms with Crippen molar-refractivity contribution in [2.24, 2.45) is 11.3 Å². The number of amides is 1. The van der Waals surface area contributed by atoms with E-state index in [2.05, 4.69) is 10.6 Å². The highest BCUT2D eigenvalue weighted by Gasteiger charge is 2.55. The van der Waals surface area contributed by atoms with Crippen LogP contribution in [0, 0.1) is 11.3 Å². The van der Waals surface area contributed by atoms with E-state index in [1.54, 1.807) is 4.31 Å². The van der Waals surface area contributed by atoms with Crippen LogP contribution in [0.25, 0.3) is 0 Å². The SMILES string of the molecule is O=C(N[C@@H]1C[C@H]2CC[C@]1(CS(=O)(=O)N(Cc1ccccc1)Cc1ccccc1)C2)[C@@H]1CCCN1. The van der Waals surface area contributed by atoms with Crippen LogP contribution in [0.3, 0.4) is 0 Å². The molecule has 2 N–H and O–H groups in total. The first-order valence-corrected chi connectivity index (χ1v) is 14.1. The molecule has 0 unspecified atom stereocenters. The van der Waals surface area contributed by atoms with Gasteiger partial charge in [-0.1, -0.05) is 60.7 Å². The first-order chi connectivity index (χ1) is 16.4. The highest BCUT2D eigenvalue weighted by atomic mass is 32.2. The number of hydrogen-bond donors (Lipinski definition) is 2. The molecule has 1 aliphatic heterocycles. The number of fused-ring (bicyclic) bond motifs is 2. The standard InChI is InChI=1S/C27H35N3O3S/c31-26(24-12-7-15-28-24)29-25-16-23-13-14-27(25,17-23)20-34(32,33)30(18-21-8-3-1-4-9-21)19-22-10-5-2-6-11-22/h1-6,8-11,23-25,28H,7,12-20H2,(H,29,31)/t23-,24+,25-,27-/m1/s1. The molecule has 7 heteroatoms. The number of benzene rings is 2. The van der Waals surface area contributed by atoms with Crippen molar-refractivity contribution in [2.75, 3.05) is 12.3 Å². The number of carbonyl (C=O) groups is 1. The molecule has 5 rings (SSSR count). The monoisotopic (exact) mass is 481 g/mol. The van der Waals surface area contributed by atoms with Gasteiger partial charge in [-0.05, 0) is 62.1 Å². The van der Waals surface area contributed by atoms with Gasteiger partial charge in [-0.3, -0.25) is 4.79 Å². The molecule has 2 saturated carbocycles. The third kappa shape index (κ3) is 5.07. The number of hydrogen-bond acceptors (Lipinski definition) is 4. The lowest BCUT2D eigenvalue weighted by Crippen LogP contribution is -2.53. The molecule has 4 atom stereocenters. The molecule has 2 aromatic carbocycles. The van der Waals surface area contributed by atoms with Crippen LogP contribution in [0.1, 0.15) is 49.7 Å². The fourth-order valence-electron chi connectivity index (χ4n) is 6.28. The van der Waals surface area contributed by atoms with Gasteiger partial charge in [-0.15, -0.1) is 0 Å². The van der Waals surface area contributed by atoms with Gasteiger partial charge >= 0.3 is 0 Å². The molecule has 1 amide bonds. The molecule has 6 nitrogen and oxygen atoms in total. The Morgan fingerprint density at radius 2 is 1.65 bits per heavy atom. The minimum Gasteiger partial charge on any atom is -0.351 e. The number of sulfonamides is 1. The average molecular weight is 482 g/mol. The quantitative estimate of drug-likeness (QED) is 0.575. The highest BCUT2D eigenvalue weighted by Crippen LogP contribution is 2.55. The van der Waals surface area contributed by atoms with E-state index in [4.69, 9.17) is 0 Å². The van der Waals surface area contributed by atoms with Gasteiger partial charge in [0.2, 0.25) is 15.9 Å². The van der Waals surface area contributed by atoms with Gasteiger partial charge in [0.05, 0.1) is 11.8 Å². The van der Waals surface area contributed by atoms with Crippen molar-refractivity contribution >= 4 is 15.9 Å². The van der Waals surface area contributed by atoms with Gasteiger partial charge in [0.25, 0.3) is 0 Å². The maximum absolute atomic E-state index is 14.0. The van der Waals surface area contributed by atoms with Crippen molar-refractivity contribution in [2.45, 2.75) is 63.7 Å². The second-order valence-electron chi connectivity index (χ2n) is 10.4. The van der Waals surface area contributed by atoms with Gasteiger partial charge in [-0.2, -0.15) is 4.31 Å². The van der Waals surface area contributed by atoms with Gasteiger partial charge < -0.3 is 10.6 Å². The largest absolute Gasteiger partial charge is 0.351 e. The molecule has 3 aliphatic rings. The van der Waals surface area contributed by atoms with Crippen molar-refractivity contribution in [1.82, 2.24) is 14.9 Å². The predicted molar refractivity (Wildman–Crippen MR) is 133 cm³/mol. The fraction of sp³-hybridized carbons (Fsp3) is 0.519. The van der Waals surface area contributed by atoms with Crippen molar-refractivity contribution < 1.29 is 13.2 Å². The van der Waals surface area contributed by atoms with Gasteiger partial charge in [0.1, 0.15) is 0 Å². The molecule has 0 spiro atoms. The Kier molecular flexibility index (Phi) is 6.78. The zero-order valence-electron chi connectivity index (χ0n) is 19.7. The van der Waals surface area contributed by atoms with E-state index in [0.717, 1.165) is 56.2 Å². The predicted octanol–water partition coefficient (Wildman–Crippen LogP) is 3.45. The third-order valence-electron chi connectivity index (χ3n) is 8.01. The molecular formula is C27H35N3O3S. The summed E-state index contributed by atoms with van der Waals surface area (Å²) >= 11 is 0. The van der Waals surface area contributed by atoms with Crippen molar-refractivity contribution in [1.29, 1.82) is 0 Å². The van der Waals surface area contributed by atoms with Crippen LogP contribution in [0.4, 0.5) is 0 Å². The molecule has 182 valence electrons. The Balaban J connectivity index is 1.37. The molecule has 2 aromatic rings. The molecule has 0 aromatic heterocycles. The van der Waals surface area contributed by atoms with E-state index >= 15 is 0 Å². The molecule has 2 aliphatic carbocycles. The minimum absolute atomic E-state index is 0.0391. The maximum atomic E-state index is 14.0. The van der Waals surface area contributed by atoms with E-state index in [-0.39, 0.29) is 29.2 Å².